The Morgan fingerprint density at radius 2 is 2.00 bits per heavy atom. The summed E-state index contributed by atoms with van der Waals surface area (Å²) in [7, 11) is 1.86. The van der Waals surface area contributed by atoms with Crippen molar-refractivity contribution in [2.75, 3.05) is 6.54 Å². The van der Waals surface area contributed by atoms with Crippen LogP contribution in [0.2, 0.25) is 0 Å². The maximum absolute atomic E-state index is 13.3. The molecule has 140 valence electrons. The lowest BCUT2D eigenvalue weighted by Crippen LogP contribution is -2.55. The predicted octanol–water partition coefficient (Wildman–Crippen LogP) is 2.88. The van der Waals surface area contributed by atoms with Gasteiger partial charge in [0.05, 0.1) is 16.6 Å². The Bertz CT molecular complexity index is 729. The average Bonchev–Trinajstić information content (AvgIpc) is 2.84. The number of nitrogens with zero attached hydrogens (tertiary/aromatic N) is 2. The highest BCUT2D eigenvalue weighted by Gasteiger charge is 2.34. The summed E-state index contributed by atoms with van der Waals surface area (Å²) in [6.07, 6.45) is 5.28. The van der Waals surface area contributed by atoms with Crippen LogP contribution in [0.25, 0.3) is 11.0 Å². The van der Waals surface area contributed by atoms with Crippen LogP contribution in [0, 0.1) is 5.82 Å². The second kappa shape index (κ2) is 8.83. The van der Waals surface area contributed by atoms with Crippen molar-refractivity contribution in [1.29, 1.82) is 0 Å². The third kappa shape index (κ3) is 4.63. The summed E-state index contributed by atoms with van der Waals surface area (Å²) in [5.74, 6) is 0.477. The monoisotopic (exact) mass is 390 g/mol. The third-order valence-electron chi connectivity index (χ3n) is 4.77. The van der Waals surface area contributed by atoms with E-state index in [1.54, 1.807) is 6.07 Å². The summed E-state index contributed by atoms with van der Waals surface area (Å²) >= 11 is 0. The van der Waals surface area contributed by atoms with Crippen LogP contribution >= 0.6 is 24.8 Å². The Morgan fingerprint density at radius 1 is 1.32 bits per heavy atom. The number of hydrogen-bond donors (Lipinski definition) is 2. The molecule has 0 spiro atoms. The Hall–Kier alpha value is -1.37. The summed E-state index contributed by atoms with van der Waals surface area (Å²) in [6, 6.07) is 4.55. The molecule has 0 atom stereocenters. The number of fused-ring (bicyclic) bond motifs is 1. The normalized spacial score (nSPS) is 16.0. The highest BCUT2D eigenvalue weighted by molar-refractivity contribution is 5.86. The second-order valence-electron chi connectivity index (χ2n) is 6.44. The van der Waals surface area contributed by atoms with Gasteiger partial charge in [0.2, 0.25) is 5.91 Å². The minimum Gasteiger partial charge on any atom is -0.354 e. The number of nitrogens with two attached hydrogens (primary N) is 1. The van der Waals surface area contributed by atoms with Gasteiger partial charge in [-0.3, -0.25) is 4.79 Å². The van der Waals surface area contributed by atoms with Gasteiger partial charge in [0.15, 0.2) is 0 Å². The molecule has 5 nitrogen and oxygen atoms in total. The molecule has 1 fully saturated rings. The Balaban J connectivity index is 0.00000156. The van der Waals surface area contributed by atoms with Crippen LogP contribution in [-0.4, -0.2) is 27.5 Å². The predicted molar refractivity (Wildman–Crippen MR) is 102 cm³/mol. The SMILES string of the molecule is Cl.Cl.Cn1c(CCNC(=O)C2(N)CCCCC2)nc2ccc(F)cc21. The number of halogens is 3. The molecule has 0 saturated heterocycles. The topological polar surface area (TPSA) is 72.9 Å². The largest absolute Gasteiger partial charge is 0.354 e. The standard InChI is InChI=1S/C17H23FN4O.2ClH/c1-22-14-11-12(18)5-6-13(14)21-15(22)7-10-20-16(23)17(19)8-3-2-4-9-17;;/h5-6,11H,2-4,7-10,19H2,1H3,(H,20,23);2*1H. The molecule has 0 radical (unpaired) electrons. The molecule has 1 aliphatic rings. The van der Waals surface area contributed by atoms with Gasteiger partial charge in [0.25, 0.3) is 0 Å². The molecule has 3 N–H and O–H groups in total. The highest BCUT2D eigenvalue weighted by atomic mass is 35.5. The molecular weight excluding hydrogens is 366 g/mol. The lowest BCUT2D eigenvalue weighted by molar-refractivity contribution is -0.127. The third-order valence-corrected chi connectivity index (χ3v) is 4.77. The zero-order chi connectivity index (χ0) is 16.4. The fourth-order valence-corrected chi connectivity index (χ4v) is 3.31. The number of carbonyl (C=O) groups excluding carboxylic acids is 1. The summed E-state index contributed by atoms with van der Waals surface area (Å²) in [5.41, 5.74) is 7.02. The Labute approximate surface area is 159 Å². The van der Waals surface area contributed by atoms with Crippen molar-refractivity contribution in [1.82, 2.24) is 14.9 Å². The van der Waals surface area contributed by atoms with E-state index in [1.807, 2.05) is 11.6 Å². The number of carbonyl (C=O) groups is 1. The van der Waals surface area contributed by atoms with Gasteiger partial charge in [-0.05, 0) is 31.0 Å². The van der Waals surface area contributed by atoms with Crippen molar-refractivity contribution >= 4 is 41.8 Å². The fourth-order valence-electron chi connectivity index (χ4n) is 3.31. The number of nitrogens with one attached hydrogen (secondary N) is 1. The number of amides is 1. The number of rotatable bonds is 4. The van der Waals surface area contributed by atoms with Crippen molar-refractivity contribution in [3.8, 4) is 0 Å². The van der Waals surface area contributed by atoms with E-state index in [0.717, 1.165) is 49.0 Å². The summed E-state index contributed by atoms with van der Waals surface area (Å²) in [6.45, 7) is 0.484. The molecule has 1 saturated carbocycles. The Morgan fingerprint density at radius 3 is 2.68 bits per heavy atom. The summed E-state index contributed by atoms with van der Waals surface area (Å²) in [4.78, 5) is 16.8. The number of benzene rings is 1. The number of hydrogen-bond acceptors (Lipinski definition) is 3. The number of imidazole rings is 1. The van der Waals surface area contributed by atoms with Gasteiger partial charge < -0.3 is 15.6 Å². The van der Waals surface area contributed by atoms with Crippen LogP contribution < -0.4 is 11.1 Å². The summed E-state index contributed by atoms with van der Waals surface area (Å²) < 4.78 is 15.2. The van der Waals surface area contributed by atoms with Crippen LogP contribution in [0.5, 0.6) is 0 Å². The smallest absolute Gasteiger partial charge is 0.240 e. The minimum atomic E-state index is -0.715. The molecule has 25 heavy (non-hydrogen) atoms. The first-order valence-corrected chi connectivity index (χ1v) is 8.18. The van der Waals surface area contributed by atoms with Crippen LogP contribution in [0.3, 0.4) is 0 Å². The lowest BCUT2D eigenvalue weighted by atomic mass is 9.82. The fraction of sp³-hybridized carbons (Fsp3) is 0.529. The molecule has 8 heteroatoms. The molecule has 1 heterocycles. The van der Waals surface area contributed by atoms with E-state index < -0.39 is 5.54 Å². The van der Waals surface area contributed by atoms with Gasteiger partial charge in [0.1, 0.15) is 11.6 Å². The maximum atomic E-state index is 13.3. The molecule has 1 amide bonds. The van der Waals surface area contributed by atoms with Crippen molar-refractivity contribution in [2.45, 2.75) is 44.1 Å². The van der Waals surface area contributed by atoms with Crippen LogP contribution in [0.4, 0.5) is 4.39 Å². The van der Waals surface area contributed by atoms with Crippen molar-refractivity contribution in [3.05, 3.63) is 29.8 Å². The van der Waals surface area contributed by atoms with E-state index in [-0.39, 0.29) is 36.5 Å². The van der Waals surface area contributed by atoms with Gasteiger partial charge in [-0.25, -0.2) is 9.37 Å². The maximum Gasteiger partial charge on any atom is 0.240 e. The first-order chi connectivity index (χ1) is 11.0. The quantitative estimate of drug-likeness (QED) is 0.842. The van der Waals surface area contributed by atoms with E-state index in [1.165, 1.54) is 12.1 Å². The molecule has 0 unspecified atom stereocenters. The van der Waals surface area contributed by atoms with E-state index in [4.69, 9.17) is 5.73 Å². The van der Waals surface area contributed by atoms with Gasteiger partial charge >= 0.3 is 0 Å². The van der Waals surface area contributed by atoms with Gasteiger partial charge in [-0.15, -0.1) is 24.8 Å². The molecule has 1 aromatic heterocycles. The van der Waals surface area contributed by atoms with Crippen LogP contribution in [0.15, 0.2) is 18.2 Å². The molecule has 1 aliphatic carbocycles. The summed E-state index contributed by atoms with van der Waals surface area (Å²) in [5, 5.41) is 2.93. The Kier molecular flexibility index (Phi) is 7.65. The van der Waals surface area contributed by atoms with Crippen molar-refractivity contribution in [3.63, 3.8) is 0 Å². The number of aryl methyl sites for hydroxylation is 1. The zero-order valence-corrected chi connectivity index (χ0v) is 15.9. The molecule has 0 bridgehead atoms. The molecule has 0 aliphatic heterocycles. The molecule has 3 rings (SSSR count). The average molecular weight is 391 g/mol. The number of aromatic nitrogens is 2. The van der Waals surface area contributed by atoms with Gasteiger partial charge in [-0.1, -0.05) is 19.3 Å². The minimum absolute atomic E-state index is 0. The van der Waals surface area contributed by atoms with Crippen LogP contribution in [0.1, 0.15) is 37.9 Å². The first-order valence-electron chi connectivity index (χ1n) is 8.18. The van der Waals surface area contributed by atoms with E-state index in [2.05, 4.69) is 10.3 Å². The molecule has 1 aromatic carbocycles. The van der Waals surface area contributed by atoms with Crippen LogP contribution in [-0.2, 0) is 18.3 Å². The molecule has 2 aromatic rings. The highest BCUT2D eigenvalue weighted by Crippen LogP contribution is 2.26. The second-order valence-corrected chi connectivity index (χ2v) is 6.44. The van der Waals surface area contributed by atoms with Gasteiger partial charge in [0, 0.05) is 20.0 Å². The van der Waals surface area contributed by atoms with Crippen molar-refractivity contribution < 1.29 is 9.18 Å². The lowest BCUT2D eigenvalue weighted by Gasteiger charge is -2.31. The van der Waals surface area contributed by atoms with E-state index >= 15 is 0 Å². The van der Waals surface area contributed by atoms with E-state index in [0.29, 0.717) is 13.0 Å². The zero-order valence-electron chi connectivity index (χ0n) is 14.3. The van der Waals surface area contributed by atoms with E-state index in [9.17, 15) is 9.18 Å². The van der Waals surface area contributed by atoms with Crippen molar-refractivity contribution in [2.24, 2.45) is 12.8 Å². The van der Waals surface area contributed by atoms with Gasteiger partial charge in [-0.2, -0.15) is 0 Å². The molecular formula is C17H25Cl2FN4O. The first kappa shape index (κ1) is 21.7.